The Morgan fingerprint density at radius 3 is 2.10 bits per heavy atom. The van der Waals surface area contributed by atoms with Gasteiger partial charge in [-0.25, -0.2) is 0 Å². The van der Waals surface area contributed by atoms with E-state index in [-0.39, 0.29) is 12.6 Å². The Morgan fingerprint density at radius 1 is 1.24 bits per heavy atom. The topological polar surface area (TPSA) is 70.0 Å². The van der Waals surface area contributed by atoms with Crippen LogP contribution in [-0.2, 0) is 9.53 Å². The van der Waals surface area contributed by atoms with E-state index in [9.17, 15) is 5.11 Å². The first-order valence-electron chi connectivity index (χ1n) is 7.00. The number of hydrogen-bond acceptors (Lipinski definition) is 4. The highest BCUT2D eigenvalue weighted by Gasteiger charge is 2.26. The molecule has 1 aromatic carbocycles. The summed E-state index contributed by atoms with van der Waals surface area (Å²) < 4.78 is 5.20. The fraction of sp³-hybridized carbons (Fsp3) is 0.562. The maximum atomic E-state index is 9.25. The van der Waals surface area contributed by atoms with Crippen LogP contribution in [0.5, 0.6) is 0 Å². The minimum atomic E-state index is -0.564. The molecule has 3 unspecified atom stereocenters. The van der Waals surface area contributed by atoms with Crippen LogP contribution in [0.2, 0.25) is 0 Å². The molecular weight excluding hydrogens is 270 g/mol. The predicted octanol–water partition coefficient (Wildman–Crippen LogP) is 2.13. The highest BCUT2D eigenvalue weighted by Crippen LogP contribution is 2.20. The van der Waals surface area contributed by atoms with Crippen molar-refractivity contribution in [2.45, 2.75) is 45.1 Å². The number of hydrogen-bond donors (Lipinski definition) is 2. The van der Waals surface area contributed by atoms with Gasteiger partial charge >= 0.3 is 0 Å². The Morgan fingerprint density at radius 2 is 1.76 bits per heavy atom. The molecule has 0 aromatic heterocycles. The van der Waals surface area contributed by atoms with E-state index in [2.05, 4.69) is 24.0 Å². The Bertz CT molecular complexity index is 360. The molecule has 3 atom stereocenters. The molecule has 1 aromatic rings. The summed E-state index contributed by atoms with van der Waals surface area (Å²) >= 11 is 0. The molecule has 1 aliphatic heterocycles. The zero-order valence-corrected chi connectivity index (χ0v) is 13.3. The van der Waals surface area contributed by atoms with Crippen molar-refractivity contribution < 1.29 is 19.7 Å². The molecule has 1 heterocycles. The molecule has 120 valence electrons. The van der Waals surface area contributed by atoms with Gasteiger partial charge in [0.25, 0.3) is 6.47 Å². The van der Waals surface area contributed by atoms with Gasteiger partial charge in [0.15, 0.2) is 6.29 Å². The third-order valence-electron chi connectivity index (χ3n) is 3.14. The van der Waals surface area contributed by atoms with E-state index >= 15 is 0 Å². The maximum Gasteiger partial charge on any atom is 0.290 e. The smallest absolute Gasteiger partial charge is 0.290 e. The molecule has 0 bridgehead atoms. The second-order valence-corrected chi connectivity index (χ2v) is 5.25. The Balaban J connectivity index is 0.000000342. The Kier molecular flexibility index (Phi) is 10.5. The van der Waals surface area contributed by atoms with Crippen LogP contribution in [0.25, 0.3) is 0 Å². The number of carbonyl (C=O) groups is 1. The van der Waals surface area contributed by atoms with Crippen LogP contribution in [0.3, 0.4) is 0 Å². The molecule has 21 heavy (non-hydrogen) atoms. The number of aliphatic hydroxyl groups excluding tert-OH is 1. The van der Waals surface area contributed by atoms with Crippen molar-refractivity contribution in [3.05, 3.63) is 35.9 Å². The van der Waals surface area contributed by atoms with Gasteiger partial charge in [0.1, 0.15) is 0 Å². The first-order chi connectivity index (χ1) is 9.90. The van der Waals surface area contributed by atoms with Gasteiger partial charge in [-0.2, -0.15) is 0 Å². The number of carboxylic acid groups (broad SMARTS) is 1. The van der Waals surface area contributed by atoms with Crippen molar-refractivity contribution in [3.8, 4) is 0 Å². The predicted molar refractivity (Wildman–Crippen MR) is 83.1 cm³/mol. The molecular formula is C16H27NO4. The van der Waals surface area contributed by atoms with E-state index in [1.54, 1.807) is 0 Å². The van der Waals surface area contributed by atoms with Crippen LogP contribution in [0, 0.1) is 6.92 Å². The van der Waals surface area contributed by atoms with Gasteiger partial charge in [-0.05, 0) is 34.4 Å². The number of rotatable bonds is 1. The second kappa shape index (κ2) is 11.3. The number of aryl methyl sites for hydroxylation is 1. The second-order valence-electron chi connectivity index (χ2n) is 5.25. The Hall–Kier alpha value is -1.43. The van der Waals surface area contributed by atoms with Gasteiger partial charge in [-0.1, -0.05) is 35.9 Å². The lowest BCUT2D eigenvalue weighted by atomic mass is 10.0. The summed E-state index contributed by atoms with van der Waals surface area (Å²) in [5, 5.41) is 16.1. The molecule has 0 radical (unpaired) electrons. The van der Waals surface area contributed by atoms with Crippen LogP contribution >= 0.6 is 0 Å². The zero-order valence-electron chi connectivity index (χ0n) is 13.3. The molecule has 0 saturated carbocycles. The summed E-state index contributed by atoms with van der Waals surface area (Å²) in [5.41, 5.74) is 1.32. The zero-order chi connectivity index (χ0) is 16.3. The minimum Gasteiger partial charge on any atom is -0.483 e. The fourth-order valence-corrected chi connectivity index (χ4v) is 2.05. The average Bonchev–Trinajstić information content (AvgIpc) is 2.40. The highest BCUT2D eigenvalue weighted by atomic mass is 16.6. The first kappa shape index (κ1) is 19.6. The van der Waals surface area contributed by atoms with E-state index in [1.165, 1.54) is 5.56 Å². The molecule has 2 rings (SSSR count). The summed E-state index contributed by atoms with van der Waals surface area (Å²) in [6.07, 6.45) is 1.37. The summed E-state index contributed by atoms with van der Waals surface area (Å²) in [5.74, 6) is 0. The fourth-order valence-electron chi connectivity index (χ4n) is 2.05. The van der Waals surface area contributed by atoms with Gasteiger partial charge in [-0.15, -0.1) is 0 Å². The molecule has 0 amide bonds. The minimum absolute atomic E-state index is 0.186. The lowest BCUT2D eigenvalue weighted by Crippen LogP contribution is -2.41. The largest absolute Gasteiger partial charge is 0.483 e. The summed E-state index contributed by atoms with van der Waals surface area (Å²) in [6.45, 7) is 3.83. The van der Waals surface area contributed by atoms with Crippen molar-refractivity contribution in [1.29, 1.82) is 0 Å². The van der Waals surface area contributed by atoms with E-state index in [0.717, 1.165) is 12.8 Å². The summed E-state index contributed by atoms with van der Waals surface area (Å²) in [6, 6.07) is 10.7. The van der Waals surface area contributed by atoms with Crippen molar-refractivity contribution in [1.82, 2.24) is 4.90 Å². The monoisotopic (exact) mass is 297 g/mol. The van der Waals surface area contributed by atoms with E-state index < -0.39 is 6.29 Å². The van der Waals surface area contributed by atoms with Gasteiger partial charge in [-0.3, -0.25) is 4.79 Å². The summed E-state index contributed by atoms with van der Waals surface area (Å²) in [4.78, 5) is 10.5. The van der Waals surface area contributed by atoms with E-state index in [4.69, 9.17) is 14.6 Å². The van der Waals surface area contributed by atoms with Crippen molar-refractivity contribution in [2.24, 2.45) is 0 Å². The third-order valence-corrected chi connectivity index (χ3v) is 3.14. The van der Waals surface area contributed by atoms with Gasteiger partial charge < -0.3 is 19.8 Å². The lowest BCUT2D eigenvalue weighted by molar-refractivity contribution is -0.172. The SMILES string of the molecule is CC1CC(N(C)C)CC(O)O1.Cc1ccccc1.O=CO. The van der Waals surface area contributed by atoms with Gasteiger partial charge in [0, 0.05) is 12.5 Å². The number of ether oxygens (including phenoxy) is 1. The number of benzene rings is 1. The third kappa shape index (κ3) is 10.0. The quantitative estimate of drug-likeness (QED) is 0.777. The van der Waals surface area contributed by atoms with E-state index in [0.29, 0.717) is 6.04 Å². The average molecular weight is 297 g/mol. The van der Waals surface area contributed by atoms with Crippen LogP contribution in [0.1, 0.15) is 25.3 Å². The van der Waals surface area contributed by atoms with Crippen molar-refractivity contribution in [2.75, 3.05) is 14.1 Å². The molecule has 5 nitrogen and oxygen atoms in total. The van der Waals surface area contributed by atoms with Gasteiger partial charge in [0.05, 0.1) is 6.10 Å². The summed E-state index contributed by atoms with van der Waals surface area (Å²) in [7, 11) is 4.07. The normalized spacial score (nSPS) is 24.2. The molecule has 0 aliphatic carbocycles. The van der Waals surface area contributed by atoms with Crippen LogP contribution in [0.15, 0.2) is 30.3 Å². The highest BCUT2D eigenvalue weighted by molar-refractivity contribution is 5.32. The molecule has 0 spiro atoms. The Labute approximate surface area is 127 Å². The molecule has 5 heteroatoms. The number of aliphatic hydroxyl groups is 1. The maximum absolute atomic E-state index is 9.25. The van der Waals surface area contributed by atoms with E-state index in [1.807, 2.05) is 39.2 Å². The molecule has 1 aliphatic rings. The number of nitrogens with zero attached hydrogens (tertiary/aromatic N) is 1. The van der Waals surface area contributed by atoms with Crippen LogP contribution < -0.4 is 0 Å². The van der Waals surface area contributed by atoms with Crippen LogP contribution in [-0.4, -0.2) is 54.1 Å². The van der Waals surface area contributed by atoms with Crippen LogP contribution in [0.4, 0.5) is 0 Å². The molecule has 1 fully saturated rings. The lowest BCUT2D eigenvalue weighted by Gasteiger charge is -2.34. The first-order valence-corrected chi connectivity index (χ1v) is 7.00. The van der Waals surface area contributed by atoms with Gasteiger partial charge in [0.2, 0.25) is 0 Å². The molecule has 2 N–H and O–H groups in total. The standard InChI is InChI=1S/C8H17NO2.C7H8.CH2O2/c1-6-4-7(9(2)3)5-8(10)11-6;1-7-5-3-2-4-6-7;2-1-3/h6-8,10H,4-5H2,1-3H3;2-6H,1H3;1H,(H,2,3). The van der Waals surface area contributed by atoms with Crippen molar-refractivity contribution in [3.63, 3.8) is 0 Å². The molecule has 1 saturated heterocycles. The van der Waals surface area contributed by atoms with Crippen molar-refractivity contribution >= 4 is 6.47 Å².